The highest BCUT2D eigenvalue weighted by atomic mass is 16.2. The molecule has 1 aromatic heterocycles. The minimum absolute atomic E-state index is 0.0277. The van der Waals surface area contributed by atoms with Gasteiger partial charge in [0.15, 0.2) is 0 Å². The fraction of sp³-hybridized carbons (Fsp3) is 0.625. The van der Waals surface area contributed by atoms with Crippen molar-refractivity contribution in [2.24, 2.45) is 13.0 Å². The third-order valence-electron chi connectivity index (χ3n) is 4.01. The number of amides is 1. The van der Waals surface area contributed by atoms with E-state index in [2.05, 4.69) is 12.2 Å². The summed E-state index contributed by atoms with van der Waals surface area (Å²) in [6.45, 7) is 5.64. The molecule has 0 radical (unpaired) electrons. The highest BCUT2D eigenvalue weighted by molar-refractivity contribution is 5.94. The van der Waals surface area contributed by atoms with Gasteiger partial charge < -0.3 is 14.8 Å². The van der Waals surface area contributed by atoms with Gasteiger partial charge in [0.05, 0.1) is 0 Å². The van der Waals surface area contributed by atoms with Gasteiger partial charge >= 0.3 is 0 Å². The second-order valence-electron chi connectivity index (χ2n) is 5.83. The Morgan fingerprint density at radius 3 is 2.95 bits per heavy atom. The minimum atomic E-state index is -0.142. The predicted molar refractivity (Wildman–Crippen MR) is 83.5 cm³/mol. The van der Waals surface area contributed by atoms with Crippen LogP contribution in [0.2, 0.25) is 0 Å². The van der Waals surface area contributed by atoms with Gasteiger partial charge in [0.2, 0.25) is 0 Å². The summed E-state index contributed by atoms with van der Waals surface area (Å²) < 4.78 is 1.48. The van der Waals surface area contributed by atoms with E-state index in [9.17, 15) is 9.59 Å². The first-order chi connectivity index (χ1) is 10.1. The molecule has 1 fully saturated rings. The number of carbonyl (C=O) groups is 1. The molecule has 5 nitrogen and oxygen atoms in total. The molecule has 1 aliphatic heterocycles. The van der Waals surface area contributed by atoms with Crippen LogP contribution < -0.4 is 10.9 Å². The van der Waals surface area contributed by atoms with E-state index >= 15 is 0 Å². The van der Waals surface area contributed by atoms with E-state index in [4.69, 9.17) is 0 Å². The summed E-state index contributed by atoms with van der Waals surface area (Å²) in [5, 5.41) is 3.39. The highest BCUT2D eigenvalue weighted by Gasteiger charge is 2.21. The molecule has 0 saturated carbocycles. The number of hydrogen-bond acceptors (Lipinski definition) is 3. The van der Waals surface area contributed by atoms with Gasteiger partial charge in [0, 0.05) is 38.0 Å². The van der Waals surface area contributed by atoms with Crippen molar-refractivity contribution in [1.82, 2.24) is 14.8 Å². The summed E-state index contributed by atoms with van der Waals surface area (Å²) in [6, 6.07) is 3.16. The minimum Gasteiger partial charge on any atom is -0.338 e. The van der Waals surface area contributed by atoms with Crippen molar-refractivity contribution < 1.29 is 4.79 Å². The van der Waals surface area contributed by atoms with Crippen LogP contribution in [0.3, 0.4) is 0 Å². The number of pyridine rings is 1. The van der Waals surface area contributed by atoms with Gasteiger partial charge in [0.25, 0.3) is 11.5 Å². The van der Waals surface area contributed by atoms with E-state index in [0.29, 0.717) is 11.5 Å². The van der Waals surface area contributed by atoms with E-state index in [-0.39, 0.29) is 11.5 Å². The molecule has 116 valence electrons. The molecule has 0 bridgehead atoms. The van der Waals surface area contributed by atoms with Crippen molar-refractivity contribution in [3.05, 3.63) is 34.2 Å². The van der Waals surface area contributed by atoms with Crippen LogP contribution in [0.5, 0.6) is 0 Å². The molecule has 1 aromatic rings. The fourth-order valence-electron chi connectivity index (χ4n) is 2.80. The molecule has 1 amide bonds. The number of piperidine rings is 1. The Hall–Kier alpha value is -1.62. The average molecular weight is 291 g/mol. The van der Waals surface area contributed by atoms with Crippen molar-refractivity contribution in [3.63, 3.8) is 0 Å². The molecule has 2 heterocycles. The zero-order valence-corrected chi connectivity index (χ0v) is 13.0. The Labute approximate surface area is 126 Å². The molecule has 1 atom stereocenters. The van der Waals surface area contributed by atoms with Crippen molar-refractivity contribution in [3.8, 4) is 0 Å². The van der Waals surface area contributed by atoms with E-state index < -0.39 is 0 Å². The largest absolute Gasteiger partial charge is 0.338 e. The second-order valence-corrected chi connectivity index (χ2v) is 5.83. The molecule has 1 N–H and O–H groups in total. The predicted octanol–water partition coefficient (Wildman–Crippen LogP) is 1.24. The third-order valence-corrected chi connectivity index (χ3v) is 4.01. The van der Waals surface area contributed by atoms with Crippen LogP contribution in [0.15, 0.2) is 23.1 Å². The van der Waals surface area contributed by atoms with E-state index in [1.807, 2.05) is 4.90 Å². The zero-order valence-electron chi connectivity index (χ0n) is 13.0. The van der Waals surface area contributed by atoms with Crippen molar-refractivity contribution in [1.29, 1.82) is 0 Å². The summed E-state index contributed by atoms with van der Waals surface area (Å²) in [6.07, 6.45) is 4.92. The molecular formula is C16H25N3O2. The topological polar surface area (TPSA) is 54.3 Å². The highest BCUT2D eigenvalue weighted by Crippen LogP contribution is 2.14. The molecule has 0 aromatic carbocycles. The Morgan fingerprint density at radius 1 is 1.52 bits per heavy atom. The van der Waals surface area contributed by atoms with Crippen molar-refractivity contribution in [2.75, 3.05) is 26.2 Å². The summed E-state index contributed by atoms with van der Waals surface area (Å²) in [4.78, 5) is 26.2. The lowest BCUT2D eigenvalue weighted by molar-refractivity contribution is 0.0718. The number of nitrogens with zero attached hydrogens (tertiary/aromatic N) is 2. The van der Waals surface area contributed by atoms with Gasteiger partial charge in [-0.25, -0.2) is 0 Å². The number of nitrogens with one attached hydrogen (secondary N) is 1. The average Bonchev–Trinajstić information content (AvgIpc) is 2.50. The second kappa shape index (κ2) is 7.41. The zero-order chi connectivity index (χ0) is 15.2. The number of aryl methyl sites for hydroxylation is 1. The molecular weight excluding hydrogens is 266 g/mol. The Kier molecular flexibility index (Phi) is 5.56. The molecule has 1 saturated heterocycles. The lowest BCUT2D eigenvalue weighted by Crippen LogP contribution is -2.41. The molecule has 0 aliphatic carbocycles. The van der Waals surface area contributed by atoms with Gasteiger partial charge in [-0.1, -0.05) is 6.92 Å². The quantitative estimate of drug-likeness (QED) is 0.888. The monoisotopic (exact) mass is 291 g/mol. The maximum Gasteiger partial charge on any atom is 0.254 e. The maximum absolute atomic E-state index is 12.6. The third kappa shape index (κ3) is 4.17. The number of rotatable bonds is 5. The van der Waals surface area contributed by atoms with E-state index in [1.165, 1.54) is 17.1 Å². The Morgan fingerprint density at radius 2 is 2.33 bits per heavy atom. The number of hydrogen-bond donors (Lipinski definition) is 1. The first-order valence-electron chi connectivity index (χ1n) is 7.78. The maximum atomic E-state index is 12.6. The summed E-state index contributed by atoms with van der Waals surface area (Å²) in [7, 11) is 1.69. The van der Waals surface area contributed by atoms with Crippen molar-refractivity contribution in [2.45, 2.75) is 26.2 Å². The van der Waals surface area contributed by atoms with Crippen LogP contribution in [0.1, 0.15) is 36.5 Å². The molecule has 1 unspecified atom stereocenters. The molecule has 0 spiro atoms. The summed E-state index contributed by atoms with van der Waals surface area (Å²) >= 11 is 0. The normalized spacial score (nSPS) is 18.5. The molecule has 21 heavy (non-hydrogen) atoms. The van der Waals surface area contributed by atoms with Crippen LogP contribution in [0.25, 0.3) is 0 Å². The smallest absolute Gasteiger partial charge is 0.254 e. The van der Waals surface area contributed by atoms with Crippen LogP contribution >= 0.6 is 0 Å². The van der Waals surface area contributed by atoms with Gasteiger partial charge in [-0.3, -0.25) is 9.59 Å². The Balaban J connectivity index is 2.10. The lowest BCUT2D eigenvalue weighted by Gasteiger charge is -2.30. The number of carbonyl (C=O) groups excluding carboxylic acids is 1. The van der Waals surface area contributed by atoms with Crippen LogP contribution in [0.4, 0.5) is 0 Å². The first kappa shape index (κ1) is 15.8. The summed E-state index contributed by atoms with van der Waals surface area (Å²) in [5.41, 5.74) is 0.354. The first-order valence-corrected chi connectivity index (χ1v) is 7.78. The van der Waals surface area contributed by atoms with Gasteiger partial charge in [-0.05, 0) is 44.3 Å². The molecule has 2 rings (SSSR count). The Bertz CT molecular complexity index is 533. The van der Waals surface area contributed by atoms with Gasteiger partial charge in [-0.15, -0.1) is 0 Å². The SMILES string of the molecule is CCCN(CC1CCCNC1)C(=O)c1ccn(C)c(=O)c1. The number of aromatic nitrogens is 1. The van der Waals surface area contributed by atoms with Gasteiger partial charge in [-0.2, -0.15) is 0 Å². The van der Waals surface area contributed by atoms with Crippen LogP contribution in [0, 0.1) is 5.92 Å². The fourth-order valence-corrected chi connectivity index (χ4v) is 2.80. The molecule has 1 aliphatic rings. The lowest BCUT2D eigenvalue weighted by atomic mass is 9.98. The van der Waals surface area contributed by atoms with E-state index in [1.54, 1.807) is 19.3 Å². The standard InChI is InChI=1S/C16H25N3O2/c1-3-8-19(12-13-5-4-7-17-11-13)16(21)14-6-9-18(2)15(20)10-14/h6,9-10,13,17H,3-5,7-8,11-12H2,1-2H3. The van der Waals surface area contributed by atoms with Gasteiger partial charge in [0.1, 0.15) is 0 Å². The van der Waals surface area contributed by atoms with E-state index in [0.717, 1.165) is 39.0 Å². The van der Waals surface area contributed by atoms with Crippen molar-refractivity contribution >= 4 is 5.91 Å². The summed E-state index contributed by atoms with van der Waals surface area (Å²) in [5.74, 6) is 0.487. The molecule has 5 heteroatoms. The van der Waals surface area contributed by atoms with Crippen LogP contribution in [-0.2, 0) is 7.05 Å². The van der Waals surface area contributed by atoms with Crippen LogP contribution in [-0.4, -0.2) is 41.6 Å².